The number of nitrogens with zero attached hydrogens (tertiary/aromatic N) is 4. The van der Waals surface area contributed by atoms with E-state index in [4.69, 9.17) is 0 Å². The minimum absolute atomic E-state index is 0.427. The third-order valence-corrected chi connectivity index (χ3v) is 2.49. The van der Waals surface area contributed by atoms with E-state index in [-0.39, 0.29) is 0 Å². The van der Waals surface area contributed by atoms with Crippen molar-refractivity contribution in [2.75, 3.05) is 0 Å². The molecule has 0 fully saturated rings. The van der Waals surface area contributed by atoms with Crippen LogP contribution in [0.1, 0.15) is 25.5 Å². The maximum Gasteiger partial charge on any atom is 0.157 e. The van der Waals surface area contributed by atoms with Crippen molar-refractivity contribution < 1.29 is 0 Å². The molecular formula is C10H11BrN4. The molecule has 15 heavy (non-hydrogen) atoms. The molecule has 0 spiro atoms. The summed E-state index contributed by atoms with van der Waals surface area (Å²) in [4.78, 5) is 8.11. The van der Waals surface area contributed by atoms with Crippen LogP contribution in [0.2, 0.25) is 0 Å². The summed E-state index contributed by atoms with van der Waals surface area (Å²) in [5.41, 5.74) is 1.06. The molecule has 2 heterocycles. The Morgan fingerprint density at radius 1 is 1.33 bits per heavy atom. The van der Waals surface area contributed by atoms with Gasteiger partial charge in [-0.05, 0) is 27.9 Å². The molecule has 4 nitrogen and oxygen atoms in total. The first-order valence-corrected chi connectivity index (χ1v) is 5.49. The van der Waals surface area contributed by atoms with Crippen molar-refractivity contribution in [1.29, 1.82) is 0 Å². The molecular weight excluding hydrogens is 256 g/mol. The van der Waals surface area contributed by atoms with Crippen molar-refractivity contribution in [2.45, 2.75) is 19.8 Å². The lowest BCUT2D eigenvalue weighted by molar-refractivity contribution is 0.755. The standard InChI is InChI=1S/C10H11BrN4/c1-7(2)8-3-4-15(14-8)10-5-9(11)12-6-13-10/h3-7H,1-2H3. The van der Waals surface area contributed by atoms with Crippen LogP contribution in [0.15, 0.2) is 29.3 Å². The van der Waals surface area contributed by atoms with Gasteiger partial charge in [-0.25, -0.2) is 14.6 Å². The van der Waals surface area contributed by atoms with Crippen molar-refractivity contribution >= 4 is 15.9 Å². The molecule has 0 aliphatic carbocycles. The number of rotatable bonds is 2. The Bertz CT molecular complexity index is 464. The normalized spacial score (nSPS) is 10.9. The first-order chi connectivity index (χ1) is 7.16. The summed E-state index contributed by atoms with van der Waals surface area (Å²) >= 11 is 3.30. The molecule has 78 valence electrons. The Morgan fingerprint density at radius 2 is 2.13 bits per heavy atom. The molecule has 0 radical (unpaired) electrons. The summed E-state index contributed by atoms with van der Waals surface area (Å²) in [7, 11) is 0. The van der Waals surface area contributed by atoms with Crippen LogP contribution in [0.25, 0.3) is 5.82 Å². The molecule has 0 N–H and O–H groups in total. The van der Waals surface area contributed by atoms with Crippen LogP contribution in [-0.4, -0.2) is 19.7 Å². The first-order valence-electron chi connectivity index (χ1n) is 4.70. The Labute approximate surface area is 96.5 Å². The largest absolute Gasteiger partial charge is 0.229 e. The third-order valence-electron chi connectivity index (χ3n) is 2.06. The van der Waals surface area contributed by atoms with Gasteiger partial charge in [-0.3, -0.25) is 0 Å². The molecule has 2 aromatic heterocycles. The molecule has 0 amide bonds. The molecule has 0 bridgehead atoms. The van der Waals surface area contributed by atoms with Gasteiger partial charge in [0.05, 0.1) is 5.69 Å². The van der Waals surface area contributed by atoms with E-state index >= 15 is 0 Å². The van der Waals surface area contributed by atoms with E-state index in [1.165, 1.54) is 6.33 Å². The van der Waals surface area contributed by atoms with Crippen LogP contribution in [0.3, 0.4) is 0 Å². The smallest absolute Gasteiger partial charge is 0.157 e. The van der Waals surface area contributed by atoms with Gasteiger partial charge in [0.1, 0.15) is 10.9 Å². The molecule has 0 aliphatic heterocycles. The highest BCUT2D eigenvalue weighted by Crippen LogP contribution is 2.14. The molecule has 0 unspecified atom stereocenters. The maximum atomic E-state index is 4.43. The van der Waals surface area contributed by atoms with E-state index < -0.39 is 0 Å². The first kappa shape index (κ1) is 10.3. The predicted octanol–water partition coefficient (Wildman–Crippen LogP) is 2.55. The Balaban J connectivity index is 2.37. The summed E-state index contributed by atoms with van der Waals surface area (Å²) in [5, 5.41) is 4.43. The highest BCUT2D eigenvalue weighted by molar-refractivity contribution is 9.10. The second-order valence-corrected chi connectivity index (χ2v) is 4.35. The van der Waals surface area contributed by atoms with Gasteiger partial charge in [-0.2, -0.15) is 5.10 Å². The van der Waals surface area contributed by atoms with E-state index in [9.17, 15) is 0 Å². The minimum atomic E-state index is 0.427. The highest BCUT2D eigenvalue weighted by Gasteiger charge is 2.05. The summed E-state index contributed by atoms with van der Waals surface area (Å²) in [6, 6.07) is 3.83. The number of hydrogen-bond donors (Lipinski definition) is 0. The van der Waals surface area contributed by atoms with Crippen LogP contribution in [0, 0.1) is 0 Å². The molecule has 0 saturated heterocycles. The number of hydrogen-bond acceptors (Lipinski definition) is 3. The lowest BCUT2D eigenvalue weighted by atomic mass is 10.1. The van der Waals surface area contributed by atoms with Gasteiger partial charge in [-0.1, -0.05) is 13.8 Å². The monoisotopic (exact) mass is 266 g/mol. The van der Waals surface area contributed by atoms with E-state index in [0.29, 0.717) is 5.92 Å². The fraction of sp³-hybridized carbons (Fsp3) is 0.300. The van der Waals surface area contributed by atoms with Crippen LogP contribution in [0.4, 0.5) is 0 Å². The van der Waals surface area contributed by atoms with Gasteiger partial charge in [-0.15, -0.1) is 0 Å². The molecule has 5 heteroatoms. The van der Waals surface area contributed by atoms with E-state index in [2.05, 4.69) is 44.8 Å². The van der Waals surface area contributed by atoms with Gasteiger partial charge >= 0.3 is 0 Å². The molecule has 0 aliphatic rings. The topological polar surface area (TPSA) is 43.6 Å². The minimum Gasteiger partial charge on any atom is -0.229 e. The quantitative estimate of drug-likeness (QED) is 0.785. The molecule has 2 rings (SSSR count). The molecule has 0 saturated carbocycles. The Hall–Kier alpha value is -1.23. The van der Waals surface area contributed by atoms with Crippen molar-refractivity contribution in [3.63, 3.8) is 0 Å². The Morgan fingerprint density at radius 3 is 2.73 bits per heavy atom. The SMILES string of the molecule is CC(C)c1ccn(-c2cc(Br)ncn2)n1. The molecule has 0 aromatic carbocycles. The molecule has 0 atom stereocenters. The van der Waals surface area contributed by atoms with Crippen molar-refractivity contribution in [3.8, 4) is 5.82 Å². The number of halogens is 1. The fourth-order valence-corrected chi connectivity index (χ4v) is 1.52. The van der Waals surface area contributed by atoms with Crippen LogP contribution in [-0.2, 0) is 0 Å². The number of aromatic nitrogens is 4. The van der Waals surface area contributed by atoms with Gasteiger partial charge in [0.25, 0.3) is 0 Å². The zero-order chi connectivity index (χ0) is 10.8. The zero-order valence-corrected chi connectivity index (χ0v) is 10.1. The van der Waals surface area contributed by atoms with Crippen LogP contribution in [0.5, 0.6) is 0 Å². The van der Waals surface area contributed by atoms with E-state index in [1.807, 2.05) is 18.3 Å². The fourth-order valence-electron chi connectivity index (χ4n) is 1.22. The van der Waals surface area contributed by atoms with Crippen LogP contribution < -0.4 is 0 Å². The van der Waals surface area contributed by atoms with E-state index in [1.54, 1.807) is 4.68 Å². The van der Waals surface area contributed by atoms with Gasteiger partial charge < -0.3 is 0 Å². The average molecular weight is 267 g/mol. The second-order valence-electron chi connectivity index (χ2n) is 3.54. The third kappa shape index (κ3) is 2.23. The summed E-state index contributed by atoms with van der Waals surface area (Å²) in [6.07, 6.45) is 3.42. The zero-order valence-electron chi connectivity index (χ0n) is 8.55. The van der Waals surface area contributed by atoms with Crippen molar-refractivity contribution in [1.82, 2.24) is 19.7 Å². The van der Waals surface area contributed by atoms with Gasteiger partial charge in [0.15, 0.2) is 5.82 Å². The van der Waals surface area contributed by atoms with Gasteiger partial charge in [0.2, 0.25) is 0 Å². The maximum absolute atomic E-state index is 4.43. The summed E-state index contributed by atoms with van der Waals surface area (Å²) in [5.74, 6) is 1.19. The lowest BCUT2D eigenvalue weighted by Crippen LogP contribution is -2.00. The Kier molecular flexibility index (Phi) is 2.81. The van der Waals surface area contributed by atoms with E-state index in [0.717, 1.165) is 16.1 Å². The lowest BCUT2D eigenvalue weighted by Gasteiger charge is -2.01. The van der Waals surface area contributed by atoms with Gasteiger partial charge in [0, 0.05) is 12.3 Å². The summed E-state index contributed by atoms with van der Waals surface area (Å²) in [6.45, 7) is 4.23. The predicted molar refractivity (Wildman–Crippen MR) is 60.9 cm³/mol. The highest BCUT2D eigenvalue weighted by atomic mass is 79.9. The average Bonchev–Trinajstić information content (AvgIpc) is 2.66. The van der Waals surface area contributed by atoms with Crippen LogP contribution >= 0.6 is 15.9 Å². The molecule has 2 aromatic rings. The second kappa shape index (κ2) is 4.10. The summed E-state index contributed by atoms with van der Waals surface area (Å²) < 4.78 is 2.51. The van der Waals surface area contributed by atoms with Crippen molar-refractivity contribution in [2.24, 2.45) is 0 Å². The van der Waals surface area contributed by atoms with Crippen molar-refractivity contribution in [3.05, 3.63) is 35.0 Å².